The summed E-state index contributed by atoms with van der Waals surface area (Å²) in [6.07, 6.45) is -4.89. The molecule has 8 heteroatoms. The molecule has 0 saturated carbocycles. The number of ether oxygens (including phenoxy) is 1. The van der Waals surface area contributed by atoms with Crippen LogP contribution in [0.2, 0.25) is 0 Å². The summed E-state index contributed by atoms with van der Waals surface area (Å²) < 4.78 is 46.8. The van der Waals surface area contributed by atoms with E-state index in [0.29, 0.717) is 11.1 Å². The minimum absolute atomic E-state index is 0.0972. The Morgan fingerprint density at radius 3 is 2.48 bits per heavy atom. The molecule has 0 spiro atoms. The first-order valence-corrected chi connectivity index (χ1v) is 8.21. The maximum Gasteiger partial charge on any atom is 0.425 e. The second kappa shape index (κ2) is 6.86. The van der Waals surface area contributed by atoms with Crippen LogP contribution in [0.4, 0.5) is 13.2 Å². The number of carbonyl (C=O) groups is 1. The summed E-state index contributed by atoms with van der Waals surface area (Å²) in [5.74, 6) is -0.809. The van der Waals surface area contributed by atoms with Crippen LogP contribution in [0.15, 0.2) is 42.5 Å². The maximum absolute atomic E-state index is 13.8. The van der Waals surface area contributed by atoms with Crippen molar-refractivity contribution < 1.29 is 32.9 Å². The Hall–Kier alpha value is -2.58. The van der Waals surface area contributed by atoms with Crippen LogP contribution in [-0.2, 0) is 10.4 Å². The first kappa shape index (κ1) is 19.2. The smallest absolute Gasteiger partial charge is 0.425 e. The first-order valence-electron chi connectivity index (χ1n) is 8.21. The van der Waals surface area contributed by atoms with Gasteiger partial charge in [-0.15, -0.1) is 0 Å². The predicted molar refractivity (Wildman–Crippen MR) is 91.6 cm³/mol. The summed E-state index contributed by atoms with van der Waals surface area (Å²) >= 11 is 0. The van der Waals surface area contributed by atoms with Crippen molar-refractivity contribution in [1.82, 2.24) is 4.90 Å². The Kier molecular flexibility index (Phi) is 4.88. The van der Waals surface area contributed by atoms with Gasteiger partial charge in [0.2, 0.25) is 5.60 Å². The molecule has 0 amide bonds. The van der Waals surface area contributed by atoms with Crippen LogP contribution < -0.4 is 4.74 Å². The van der Waals surface area contributed by atoms with Crippen molar-refractivity contribution in [1.29, 1.82) is 0 Å². The Bertz CT molecular complexity index is 868. The number of benzene rings is 2. The molecule has 0 saturated heterocycles. The standard InChI is InChI=1S/C19H18F3NO4/c1-23(11-17(24)25)8-9-27-12-6-7-14-13-4-2-3-5-15(13)18(26,16(14)10-12)19(20,21)22/h2-7,10,26H,8-9,11H2,1H3,(H,24,25). The van der Waals surface area contributed by atoms with Gasteiger partial charge in [0.25, 0.3) is 0 Å². The van der Waals surface area contributed by atoms with Crippen molar-refractivity contribution in [2.75, 3.05) is 26.7 Å². The third-order valence-corrected chi connectivity index (χ3v) is 4.55. The zero-order valence-corrected chi connectivity index (χ0v) is 14.5. The van der Waals surface area contributed by atoms with E-state index in [1.807, 2.05) is 0 Å². The van der Waals surface area contributed by atoms with Gasteiger partial charge in [0.05, 0.1) is 6.54 Å². The van der Waals surface area contributed by atoms with Crippen LogP contribution in [0, 0.1) is 0 Å². The quantitative estimate of drug-likeness (QED) is 0.805. The third kappa shape index (κ3) is 3.38. The molecule has 27 heavy (non-hydrogen) atoms. The average Bonchev–Trinajstić information content (AvgIpc) is 2.84. The summed E-state index contributed by atoms with van der Waals surface area (Å²) in [5.41, 5.74) is -2.93. The molecule has 1 unspecified atom stereocenters. The Balaban J connectivity index is 1.87. The monoisotopic (exact) mass is 381 g/mol. The highest BCUT2D eigenvalue weighted by atomic mass is 19.4. The molecule has 0 radical (unpaired) electrons. The van der Waals surface area contributed by atoms with Gasteiger partial charge in [-0.1, -0.05) is 30.3 Å². The minimum Gasteiger partial charge on any atom is -0.492 e. The van der Waals surface area contributed by atoms with Gasteiger partial charge in [0.1, 0.15) is 12.4 Å². The van der Waals surface area contributed by atoms with E-state index < -0.39 is 17.7 Å². The molecule has 0 heterocycles. The second-order valence-corrected chi connectivity index (χ2v) is 6.44. The van der Waals surface area contributed by atoms with E-state index in [-0.39, 0.29) is 36.6 Å². The fourth-order valence-electron chi connectivity index (χ4n) is 3.26. The zero-order chi connectivity index (χ0) is 19.8. The molecule has 0 aliphatic heterocycles. The number of nitrogens with zero attached hydrogens (tertiary/aromatic N) is 1. The van der Waals surface area contributed by atoms with Gasteiger partial charge in [0, 0.05) is 17.7 Å². The van der Waals surface area contributed by atoms with Crippen molar-refractivity contribution in [3.63, 3.8) is 0 Å². The summed E-state index contributed by atoms with van der Waals surface area (Å²) in [5, 5.41) is 19.3. The van der Waals surface area contributed by atoms with E-state index in [2.05, 4.69) is 0 Å². The molecule has 0 aromatic heterocycles. The molecule has 0 fully saturated rings. The maximum atomic E-state index is 13.8. The van der Waals surface area contributed by atoms with E-state index in [9.17, 15) is 23.1 Å². The third-order valence-electron chi connectivity index (χ3n) is 4.55. The lowest BCUT2D eigenvalue weighted by atomic mass is 9.91. The Morgan fingerprint density at radius 2 is 1.81 bits per heavy atom. The van der Waals surface area contributed by atoms with Crippen molar-refractivity contribution in [3.8, 4) is 16.9 Å². The lowest BCUT2D eigenvalue weighted by Crippen LogP contribution is -2.41. The van der Waals surface area contributed by atoms with Gasteiger partial charge in [-0.05, 0) is 30.3 Å². The van der Waals surface area contributed by atoms with Gasteiger partial charge in [-0.3, -0.25) is 9.69 Å². The van der Waals surface area contributed by atoms with E-state index >= 15 is 0 Å². The highest BCUT2D eigenvalue weighted by molar-refractivity contribution is 5.81. The molecule has 3 rings (SSSR count). The number of alkyl halides is 3. The van der Waals surface area contributed by atoms with Gasteiger partial charge in [0.15, 0.2) is 0 Å². The number of aliphatic carboxylic acids is 1. The number of fused-ring (bicyclic) bond motifs is 3. The molecule has 1 atom stereocenters. The fraction of sp³-hybridized carbons (Fsp3) is 0.316. The number of likely N-dealkylation sites (N-methyl/N-ethyl adjacent to an activating group) is 1. The average molecular weight is 381 g/mol. The first-order chi connectivity index (χ1) is 12.6. The summed E-state index contributed by atoms with van der Waals surface area (Å²) in [6.45, 7) is 0.212. The van der Waals surface area contributed by atoms with Crippen LogP contribution in [-0.4, -0.2) is 54.0 Å². The van der Waals surface area contributed by atoms with Gasteiger partial charge in [-0.2, -0.15) is 13.2 Å². The molecule has 144 valence electrons. The molecular formula is C19H18F3NO4. The number of carboxylic acids is 1. The van der Waals surface area contributed by atoms with Crippen LogP contribution >= 0.6 is 0 Å². The molecule has 2 aromatic rings. The molecule has 5 nitrogen and oxygen atoms in total. The van der Waals surface area contributed by atoms with Crippen LogP contribution in [0.5, 0.6) is 5.75 Å². The SMILES string of the molecule is CN(CCOc1ccc2c(c1)C(O)(C(F)(F)F)c1ccccc1-2)CC(=O)O. The second-order valence-electron chi connectivity index (χ2n) is 6.44. The number of rotatable bonds is 6. The molecular weight excluding hydrogens is 363 g/mol. The Morgan fingerprint density at radius 1 is 1.15 bits per heavy atom. The Labute approximate surface area is 153 Å². The molecule has 2 N–H and O–H groups in total. The normalized spacial score (nSPS) is 18.3. The highest BCUT2D eigenvalue weighted by Gasteiger charge is 2.60. The summed E-state index contributed by atoms with van der Waals surface area (Å²) in [6, 6.07) is 10.1. The number of hydrogen-bond donors (Lipinski definition) is 2. The summed E-state index contributed by atoms with van der Waals surface area (Å²) in [4.78, 5) is 12.1. The van der Waals surface area contributed by atoms with Gasteiger partial charge >= 0.3 is 12.1 Å². The van der Waals surface area contributed by atoms with Crippen molar-refractivity contribution in [3.05, 3.63) is 53.6 Å². The lowest BCUT2D eigenvalue weighted by Gasteiger charge is -2.28. The summed E-state index contributed by atoms with van der Waals surface area (Å²) in [7, 11) is 1.60. The molecule has 2 aromatic carbocycles. The highest BCUT2D eigenvalue weighted by Crippen LogP contribution is 2.55. The molecule has 1 aliphatic rings. The minimum atomic E-state index is -4.89. The van der Waals surface area contributed by atoms with E-state index in [4.69, 9.17) is 9.84 Å². The van der Waals surface area contributed by atoms with Crippen LogP contribution in [0.25, 0.3) is 11.1 Å². The zero-order valence-electron chi connectivity index (χ0n) is 14.5. The topological polar surface area (TPSA) is 70.0 Å². The van der Waals surface area contributed by atoms with Crippen LogP contribution in [0.3, 0.4) is 0 Å². The van der Waals surface area contributed by atoms with E-state index in [1.54, 1.807) is 19.2 Å². The fourth-order valence-corrected chi connectivity index (χ4v) is 3.26. The molecule has 1 aliphatic carbocycles. The lowest BCUT2D eigenvalue weighted by molar-refractivity contribution is -0.246. The van der Waals surface area contributed by atoms with E-state index in [1.165, 1.54) is 35.2 Å². The van der Waals surface area contributed by atoms with Crippen LogP contribution in [0.1, 0.15) is 11.1 Å². The van der Waals surface area contributed by atoms with E-state index in [0.717, 1.165) is 0 Å². The van der Waals surface area contributed by atoms with Gasteiger partial charge in [-0.25, -0.2) is 0 Å². The number of halogens is 3. The number of carboxylic acid groups (broad SMARTS) is 1. The van der Waals surface area contributed by atoms with Crippen molar-refractivity contribution >= 4 is 5.97 Å². The van der Waals surface area contributed by atoms with Gasteiger partial charge < -0.3 is 14.9 Å². The molecule has 0 bridgehead atoms. The van der Waals surface area contributed by atoms with Crippen molar-refractivity contribution in [2.45, 2.75) is 11.8 Å². The number of hydrogen-bond acceptors (Lipinski definition) is 4. The predicted octanol–water partition coefficient (Wildman–Crippen LogP) is 2.86. The largest absolute Gasteiger partial charge is 0.492 e. The number of aliphatic hydroxyl groups is 1. The van der Waals surface area contributed by atoms with Crippen molar-refractivity contribution in [2.24, 2.45) is 0 Å².